The first-order valence-electron chi connectivity index (χ1n) is 6.53. The summed E-state index contributed by atoms with van der Waals surface area (Å²) in [5.41, 5.74) is 3.16. The van der Waals surface area contributed by atoms with Crippen LogP contribution in [0.15, 0.2) is 53.3 Å². The average Bonchev–Trinajstić information content (AvgIpc) is 2.83. The maximum atomic E-state index is 12.0. The van der Waals surface area contributed by atoms with Gasteiger partial charge >= 0.3 is 0 Å². The van der Waals surface area contributed by atoms with E-state index in [-0.39, 0.29) is 5.78 Å². The minimum absolute atomic E-state index is 0.221. The highest BCUT2D eigenvalue weighted by atomic mass is 79.9. The molecule has 1 atom stereocenters. The molecule has 0 spiro atoms. The Labute approximate surface area is 121 Å². The van der Waals surface area contributed by atoms with Crippen LogP contribution in [-0.2, 0) is 16.1 Å². The summed E-state index contributed by atoms with van der Waals surface area (Å²) in [6.07, 6.45) is 4.43. The lowest BCUT2D eigenvalue weighted by Crippen LogP contribution is -2.13. The predicted molar refractivity (Wildman–Crippen MR) is 77.9 cm³/mol. The summed E-state index contributed by atoms with van der Waals surface area (Å²) in [6, 6.07) is 10.0. The quantitative estimate of drug-likeness (QED) is 0.790. The molecular weight excluding hydrogens is 304 g/mol. The summed E-state index contributed by atoms with van der Waals surface area (Å²) in [5.74, 6) is 0.996. The number of hydrogen-bond acceptors (Lipinski definition) is 2. The zero-order chi connectivity index (χ0) is 13.2. The molecule has 1 aromatic rings. The van der Waals surface area contributed by atoms with Crippen molar-refractivity contribution in [3.05, 3.63) is 58.9 Å². The SMILES string of the molecule is O=C1CCC2=C1C(OCc1ccccc1)=CCC2Br. The summed E-state index contributed by atoms with van der Waals surface area (Å²) in [6.45, 7) is 0.518. The van der Waals surface area contributed by atoms with Gasteiger partial charge in [-0.25, -0.2) is 0 Å². The Bertz CT molecular complexity index is 557. The third-order valence-electron chi connectivity index (χ3n) is 3.59. The first kappa shape index (κ1) is 12.7. The van der Waals surface area contributed by atoms with Gasteiger partial charge in [0.2, 0.25) is 0 Å². The monoisotopic (exact) mass is 318 g/mol. The molecule has 1 unspecified atom stereocenters. The van der Waals surface area contributed by atoms with Gasteiger partial charge in [0.25, 0.3) is 0 Å². The number of Topliss-reactive ketones (excluding diaryl/α,β-unsaturated/α-hetero) is 1. The van der Waals surface area contributed by atoms with E-state index in [9.17, 15) is 4.79 Å². The molecule has 19 heavy (non-hydrogen) atoms. The Morgan fingerprint density at radius 2 is 2.00 bits per heavy atom. The molecule has 0 aromatic heterocycles. The van der Waals surface area contributed by atoms with Crippen molar-refractivity contribution in [3.63, 3.8) is 0 Å². The molecule has 0 amide bonds. The summed E-state index contributed by atoms with van der Waals surface area (Å²) in [5, 5.41) is 0. The Morgan fingerprint density at radius 1 is 1.21 bits per heavy atom. The van der Waals surface area contributed by atoms with E-state index in [1.54, 1.807) is 0 Å². The zero-order valence-corrected chi connectivity index (χ0v) is 12.2. The first-order chi connectivity index (χ1) is 9.25. The van der Waals surface area contributed by atoms with Crippen molar-refractivity contribution in [1.82, 2.24) is 0 Å². The number of carbonyl (C=O) groups excluding carboxylic acids is 1. The Morgan fingerprint density at radius 3 is 2.79 bits per heavy atom. The number of ketones is 1. The van der Waals surface area contributed by atoms with Crippen LogP contribution in [0.25, 0.3) is 0 Å². The second kappa shape index (κ2) is 5.33. The van der Waals surface area contributed by atoms with Gasteiger partial charge in [0, 0.05) is 11.2 Å². The summed E-state index contributed by atoms with van der Waals surface area (Å²) in [4.78, 5) is 12.3. The highest BCUT2D eigenvalue weighted by molar-refractivity contribution is 9.09. The number of benzene rings is 1. The van der Waals surface area contributed by atoms with Gasteiger partial charge < -0.3 is 4.74 Å². The van der Waals surface area contributed by atoms with E-state index in [4.69, 9.17) is 4.74 Å². The molecule has 0 saturated heterocycles. The fourth-order valence-corrected chi connectivity index (χ4v) is 3.25. The minimum atomic E-state index is 0.221. The summed E-state index contributed by atoms with van der Waals surface area (Å²) >= 11 is 3.64. The first-order valence-corrected chi connectivity index (χ1v) is 7.45. The highest BCUT2D eigenvalue weighted by Crippen LogP contribution is 2.39. The van der Waals surface area contributed by atoms with E-state index in [1.807, 2.05) is 36.4 Å². The lowest BCUT2D eigenvalue weighted by molar-refractivity contribution is -0.115. The summed E-state index contributed by atoms with van der Waals surface area (Å²) in [7, 11) is 0. The maximum Gasteiger partial charge on any atom is 0.166 e. The second-order valence-electron chi connectivity index (χ2n) is 4.87. The minimum Gasteiger partial charge on any atom is -0.488 e. The molecular formula is C16H15BrO2. The number of rotatable bonds is 3. The van der Waals surface area contributed by atoms with Crippen LogP contribution in [0.3, 0.4) is 0 Å². The van der Waals surface area contributed by atoms with Crippen molar-refractivity contribution in [2.75, 3.05) is 0 Å². The van der Waals surface area contributed by atoms with Crippen molar-refractivity contribution in [2.24, 2.45) is 0 Å². The van der Waals surface area contributed by atoms with Crippen LogP contribution in [0, 0.1) is 0 Å². The molecule has 0 radical (unpaired) electrons. The lowest BCUT2D eigenvalue weighted by Gasteiger charge is -2.20. The maximum absolute atomic E-state index is 12.0. The van der Waals surface area contributed by atoms with Crippen LogP contribution in [-0.4, -0.2) is 10.6 Å². The molecule has 2 nitrogen and oxygen atoms in total. The van der Waals surface area contributed by atoms with Gasteiger partial charge in [-0.3, -0.25) is 4.79 Å². The van der Waals surface area contributed by atoms with Crippen molar-refractivity contribution in [1.29, 1.82) is 0 Å². The zero-order valence-electron chi connectivity index (χ0n) is 10.6. The van der Waals surface area contributed by atoms with Crippen molar-refractivity contribution in [3.8, 4) is 0 Å². The number of halogens is 1. The molecule has 3 heteroatoms. The Kier molecular flexibility index (Phi) is 3.56. The van der Waals surface area contributed by atoms with Crippen LogP contribution < -0.4 is 0 Å². The largest absolute Gasteiger partial charge is 0.488 e. The van der Waals surface area contributed by atoms with Gasteiger partial charge in [-0.1, -0.05) is 46.3 Å². The van der Waals surface area contributed by atoms with Gasteiger partial charge in [-0.15, -0.1) is 0 Å². The van der Waals surface area contributed by atoms with E-state index in [0.29, 0.717) is 17.9 Å². The van der Waals surface area contributed by atoms with E-state index in [2.05, 4.69) is 15.9 Å². The van der Waals surface area contributed by atoms with Gasteiger partial charge in [-0.05, 0) is 30.1 Å². The third-order valence-corrected chi connectivity index (χ3v) is 4.52. The van der Waals surface area contributed by atoms with Crippen molar-refractivity contribution < 1.29 is 9.53 Å². The molecule has 2 aliphatic rings. The Balaban J connectivity index is 1.76. The number of hydrogen-bond donors (Lipinski definition) is 0. The fraction of sp³-hybridized carbons (Fsp3) is 0.312. The van der Waals surface area contributed by atoms with Gasteiger partial charge in [0.05, 0.1) is 5.57 Å². The lowest BCUT2D eigenvalue weighted by atomic mass is 9.98. The van der Waals surface area contributed by atoms with E-state index in [1.165, 1.54) is 5.57 Å². The van der Waals surface area contributed by atoms with Crippen molar-refractivity contribution >= 4 is 21.7 Å². The topological polar surface area (TPSA) is 26.3 Å². The predicted octanol–water partition coefficient (Wildman–Crippen LogP) is 3.91. The molecule has 0 N–H and O–H groups in total. The standard InChI is InChI=1S/C16H15BrO2/c17-13-7-9-15(16-12(13)6-8-14(16)18)19-10-11-4-2-1-3-5-11/h1-5,9,13H,6-8,10H2. The van der Waals surface area contributed by atoms with E-state index >= 15 is 0 Å². The number of alkyl halides is 1. The molecule has 3 rings (SSSR count). The van der Waals surface area contributed by atoms with E-state index in [0.717, 1.165) is 29.7 Å². The van der Waals surface area contributed by atoms with Gasteiger partial charge in [-0.2, -0.15) is 0 Å². The molecule has 0 fully saturated rings. The molecule has 0 bridgehead atoms. The average molecular weight is 319 g/mol. The second-order valence-corrected chi connectivity index (χ2v) is 5.97. The van der Waals surface area contributed by atoms with Crippen LogP contribution >= 0.6 is 15.9 Å². The number of ether oxygens (including phenoxy) is 1. The Hall–Kier alpha value is -1.35. The number of allylic oxidation sites excluding steroid dienone is 3. The molecule has 0 saturated carbocycles. The van der Waals surface area contributed by atoms with Crippen LogP contribution in [0.4, 0.5) is 0 Å². The molecule has 0 heterocycles. The molecule has 2 aliphatic carbocycles. The molecule has 1 aromatic carbocycles. The summed E-state index contributed by atoms with van der Waals surface area (Å²) < 4.78 is 5.86. The number of carbonyl (C=O) groups is 1. The smallest absolute Gasteiger partial charge is 0.166 e. The van der Waals surface area contributed by atoms with Crippen LogP contribution in [0.1, 0.15) is 24.8 Å². The van der Waals surface area contributed by atoms with Gasteiger partial charge in [0.15, 0.2) is 5.78 Å². The van der Waals surface area contributed by atoms with Crippen molar-refractivity contribution in [2.45, 2.75) is 30.7 Å². The molecule has 98 valence electrons. The fourth-order valence-electron chi connectivity index (χ4n) is 2.61. The highest BCUT2D eigenvalue weighted by Gasteiger charge is 2.32. The van der Waals surface area contributed by atoms with Crippen LogP contribution in [0.2, 0.25) is 0 Å². The normalized spacial score (nSPS) is 22.3. The molecule has 0 aliphatic heterocycles. The van der Waals surface area contributed by atoms with Gasteiger partial charge in [0.1, 0.15) is 12.4 Å². The van der Waals surface area contributed by atoms with E-state index < -0.39 is 0 Å². The third kappa shape index (κ3) is 2.52. The van der Waals surface area contributed by atoms with Crippen LogP contribution in [0.5, 0.6) is 0 Å².